The van der Waals surface area contributed by atoms with Gasteiger partial charge in [-0.3, -0.25) is 19.2 Å². The van der Waals surface area contributed by atoms with Crippen LogP contribution in [0.1, 0.15) is 78.5 Å². The zero-order valence-corrected chi connectivity index (χ0v) is 26.7. The van der Waals surface area contributed by atoms with Crippen LogP contribution in [0.25, 0.3) is 10.4 Å². The molecule has 1 aliphatic carbocycles. The molecule has 2 fully saturated rings. The Labute approximate surface area is 253 Å². The van der Waals surface area contributed by atoms with E-state index in [0.29, 0.717) is 38.8 Å². The molecule has 1 aromatic heterocycles. The van der Waals surface area contributed by atoms with Crippen molar-refractivity contribution in [2.24, 2.45) is 17.1 Å². The molecule has 42 heavy (non-hydrogen) atoms. The van der Waals surface area contributed by atoms with Crippen LogP contribution in [-0.4, -0.2) is 63.9 Å². The van der Waals surface area contributed by atoms with E-state index in [0.717, 1.165) is 24.2 Å². The van der Waals surface area contributed by atoms with E-state index < -0.39 is 11.6 Å². The van der Waals surface area contributed by atoms with Gasteiger partial charge in [-0.25, -0.2) is 9.37 Å². The summed E-state index contributed by atoms with van der Waals surface area (Å²) in [4.78, 5) is 49.0. The molecule has 0 radical (unpaired) electrons. The minimum Gasteiger partial charge on any atom is -0.391 e. The molecule has 1 saturated heterocycles. The second-order valence-electron chi connectivity index (χ2n) is 12.1. The molecule has 0 bridgehead atoms. The maximum atomic E-state index is 12.1. The minimum atomic E-state index is -1.61. The lowest BCUT2D eigenvalue weighted by Crippen LogP contribution is -2.32. The van der Waals surface area contributed by atoms with Crippen LogP contribution < -0.4 is 11.1 Å². The Kier molecular flexibility index (Phi) is 15.0. The SMILES string of the molecule is CC(=O)C(C)C.CC(C)(C)CC(=O)N1CCC(O)C1.Cc1ncsc1-c1ccc(CNC=O)cc1.NC(=O)C1(F)CC1. The van der Waals surface area contributed by atoms with Crippen LogP contribution in [0.5, 0.6) is 0 Å². The number of primary amides is 1. The topological polar surface area (TPSA) is 143 Å². The number of likely N-dealkylation sites (tertiary alicyclic amines) is 1. The van der Waals surface area contributed by atoms with Gasteiger partial charge < -0.3 is 21.1 Å². The molecule has 9 nitrogen and oxygen atoms in total. The summed E-state index contributed by atoms with van der Waals surface area (Å²) < 4.78 is 12.1. The summed E-state index contributed by atoms with van der Waals surface area (Å²) in [6, 6.07) is 8.15. The van der Waals surface area contributed by atoms with Crippen LogP contribution in [0.3, 0.4) is 0 Å². The molecule has 11 heteroatoms. The number of alkyl halides is 1. The van der Waals surface area contributed by atoms with Crippen LogP contribution in [-0.2, 0) is 25.7 Å². The Morgan fingerprint density at radius 1 is 1.24 bits per heavy atom. The van der Waals surface area contributed by atoms with E-state index in [4.69, 9.17) is 0 Å². The quantitative estimate of drug-likeness (QED) is 0.394. The number of Topliss-reactive ketones (excluding diaryl/α,β-unsaturated/α-hetero) is 1. The summed E-state index contributed by atoms with van der Waals surface area (Å²) in [6.45, 7) is 15.4. The number of aromatic nitrogens is 1. The number of nitrogens with zero attached hydrogens (tertiary/aromatic N) is 2. The molecule has 3 amide bonds. The highest BCUT2D eigenvalue weighted by atomic mass is 32.1. The number of ketones is 1. The molecule has 1 aromatic carbocycles. The molecule has 234 valence electrons. The lowest BCUT2D eigenvalue weighted by molar-refractivity contribution is -0.132. The lowest BCUT2D eigenvalue weighted by atomic mass is 9.92. The summed E-state index contributed by atoms with van der Waals surface area (Å²) in [5.74, 6) is -0.170. The average molecular weight is 607 g/mol. The van der Waals surface area contributed by atoms with Crippen LogP contribution in [0.15, 0.2) is 29.8 Å². The number of nitrogens with one attached hydrogen (secondary N) is 1. The van der Waals surface area contributed by atoms with Gasteiger partial charge in [0.25, 0.3) is 5.91 Å². The Morgan fingerprint density at radius 2 is 1.81 bits per heavy atom. The number of carbonyl (C=O) groups excluding carboxylic acids is 4. The highest BCUT2D eigenvalue weighted by Crippen LogP contribution is 2.38. The van der Waals surface area contributed by atoms with E-state index >= 15 is 0 Å². The monoisotopic (exact) mass is 606 g/mol. The van der Waals surface area contributed by atoms with Gasteiger partial charge in [0, 0.05) is 32.0 Å². The van der Waals surface area contributed by atoms with Crippen LogP contribution >= 0.6 is 11.3 Å². The van der Waals surface area contributed by atoms with Gasteiger partial charge in [0.2, 0.25) is 12.3 Å². The first-order valence-corrected chi connectivity index (χ1v) is 15.0. The number of carbonyl (C=O) groups is 4. The maximum absolute atomic E-state index is 12.1. The van der Waals surface area contributed by atoms with Crippen molar-refractivity contribution < 1.29 is 28.7 Å². The number of benzene rings is 1. The van der Waals surface area contributed by atoms with E-state index in [1.54, 1.807) is 23.2 Å². The van der Waals surface area contributed by atoms with Crippen molar-refractivity contribution in [3.63, 3.8) is 0 Å². The second-order valence-corrected chi connectivity index (χ2v) is 12.9. The standard InChI is InChI=1S/C12H12N2OS.C10H19NO2.C5H10O.C4H6FNO/c1-9-12(16-8-14-9)11-4-2-10(3-5-11)6-13-7-15;1-10(2,3)6-9(13)11-5-4-8(12)7-11;1-4(2)5(3)6;5-4(1-2-4)3(6)7/h2-5,7-8H,6H2,1H3,(H,13,15);8,12H,4-7H2,1-3H3;4H,1-3H3;1-2H2,(H2,6,7). The number of halogens is 1. The molecule has 0 spiro atoms. The van der Waals surface area contributed by atoms with Crippen molar-refractivity contribution in [2.75, 3.05) is 13.1 Å². The Balaban J connectivity index is 0.000000303. The minimum absolute atomic E-state index is 0.0463. The maximum Gasteiger partial charge on any atom is 0.255 e. The number of thiazole rings is 1. The van der Waals surface area contributed by atoms with Crippen LogP contribution in [0.2, 0.25) is 0 Å². The van der Waals surface area contributed by atoms with Crippen molar-refractivity contribution >= 4 is 35.3 Å². The number of hydrogen-bond acceptors (Lipinski definition) is 7. The number of rotatable bonds is 7. The summed E-state index contributed by atoms with van der Waals surface area (Å²) in [7, 11) is 0. The van der Waals surface area contributed by atoms with E-state index in [9.17, 15) is 28.7 Å². The lowest BCUT2D eigenvalue weighted by Gasteiger charge is -2.22. The molecule has 1 saturated carbocycles. The van der Waals surface area contributed by atoms with Gasteiger partial charge in [0.15, 0.2) is 5.67 Å². The van der Waals surface area contributed by atoms with Gasteiger partial charge >= 0.3 is 0 Å². The Morgan fingerprint density at radius 3 is 2.14 bits per heavy atom. The number of aryl methyl sites for hydroxylation is 1. The van der Waals surface area contributed by atoms with Crippen molar-refractivity contribution in [3.8, 4) is 10.4 Å². The van der Waals surface area contributed by atoms with E-state index in [2.05, 4.69) is 48.9 Å². The van der Waals surface area contributed by atoms with Crippen molar-refractivity contribution in [3.05, 3.63) is 41.0 Å². The zero-order chi connectivity index (χ0) is 32.1. The van der Waals surface area contributed by atoms with Gasteiger partial charge in [-0.1, -0.05) is 58.9 Å². The van der Waals surface area contributed by atoms with Gasteiger partial charge in [-0.2, -0.15) is 0 Å². The molecular formula is C31H47FN4O5S. The number of aliphatic hydroxyl groups excluding tert-OH is 1. The van der Waals surface area contributed by atoms with Crippen LogP contribution in [0, 0.1) is 18.3 Å². The summed E-state index contributed by atoms with van der Waals surface area (Å²) in [6.07, 6.45) is 2.35. The zero-order valence-electron chi connectivity index (χ0n) is 25.9. The number of aliphatic hydroxyl groups is 1. The van der Waals surface area contributed by atoms with E-state index in [1.165, 1.54) is 10.4 Å². The molecule has 4 rings (SSSR count). The average Bonchev–Trinajstić information content (AvgIpc) is 3.28. The highest BCUT2D eigenvalue weighted by molar-refractivity contribution is 7.13. The Bertz CT molecular complexity index is 1160. The number of amides is 3. The first-order chi connectivity index (χ1) is 19.5. The van der Waals surface area contributed by atoms with E-state index in [1.807, 2.05) is 38.4 Å². The predicted molar refractivity (Wildman–Crippen MR) is 164 cm³/mol. The molecule has 1 aliphatic heterocycles. The smallest absolute Gasteiger partial charge is 0.255 e. The summed E-state index contributed by atoms with van der Waals surface area (Å²) >= 11 is 1.64. The van der Waals surface area contributed by atoms with Crippen LogP contribution in [0.4, 0.5) is 4.39 Å². The number of β-amino-alcohol motifs (C(OH)–C–C–N with tert-alkyl or cyclic N) is 1. The largest absolute Gasteiger partial charge is 0.391 e. The second kappa shape index (κ2) is 17.1. The molecule has 4 N–H and O–H groups in total. The fourth-order valence-corrected chi connectivity index (χ4v) is 4.21. The highest BCUT2D eigenvalue weighted by Gasteiger charge is 2.49. The molecular weight excluding hydrogens is 559 g/mol. The first kappa shape index (κ1) is 36.8. The molecule has 1 atom stereocenters. The van der Waals surface area contributed by atoms with Gasteiger partial charge in [-0.15, -0.1) is 11.3 Å². The molecule has 2 aliphatic rings. The van der Waals surface area contributed by atoms with Gasteiger partial charge in [0.05, 0.1) is 22.2 Å². The fraction of sp³-hybridized carbons (Fsp3) is 0.581. The van der Waals surface area contributed by atoms with E-state index in [-0.39, 0.29) is 29.1 Å². The predicted octanol–water partition coefficient (Wildman–Crippen LogP) is 4.59. The van der Waals surface area contributed by atoms with Crippen molar-refractivity contribution in [1.29, 1.82) is 0 Å². The Hall–Kier alpha value is -3.18. The normalized spacial score (nSPS) is 16.5. The first-order valence-electron chi connectivity index (χ1n) is 14.1. The number of nitrogens with two attached hydrogens (primary N) is 1. The molecule has 1 unspecified atom stereocenters. The summed E-state index contributed by atoms with van der Waals surface area (Å²) in [5.41, 5.74) is 8.24. The van der Waals surface area contributed by atoms with Gasteiger partial charge in [-0.05, 0) is 49.7 Å². The number of hydrogen-bond donors (Lipinski definition) is 3. The van der Waals surface area contributed by atoms with Crippen molar-refractivity contribution in [2.45, 2.75) is 92.5 Å². The third-order valence-electron chi connectivity index (χ3n) is 6.49. The third-order valence-corrected chi connectivity index (χ3v) is 7.47. The van der Waals surface area contributed by atoms with Crippen molar-refractivity contribution in [1.82, 2.24) is 15.2 Å². The molecule has 2 heterocycles. The van der Waals surface area contributed by atoms with Gasteiger partial charge in [0.1, 0.15) is 5.78 Å². The third kappa shape index (κ3) is 14.1. The molecule has 2 aromatic rings. The fourth-order valence-electron chi connectivity index (χ4n) is 3.40. The summed E-state index contributed by atoms with van der Waals surface area (Å²) in [5, 5.41) is 11.9.